The molecular weight excluding hydrogens is 304 g/mol. The first kappa shape index (κ1) is 13.1. The fourth-order valence-electron chi connectivity index (χ4n) is 3.29. The van der Waals surface area contributed by atoms with Crippen LogP contribution in [-0.4, -0.2) is 36.0 Å². The number of rotatable bonds is 2. The third-order valence-corrected chi connectivity index (χ3v) is 4.92. The molecule has 0 aliphatic carbocycles. The molecule has 0 spiro atoms. The number of likely N-dealkylation sites (tertiary alicyclic amines) is 1. The van der Waals surface area contributed by atoms with Gasteiger partial charge in [-0.15, -0.1) is 0 Å². The van der Waals surface area contributed by atoms with Crippen LogP contribution in [0.4, 0.5) is 0 Å². The number of hydrogen-bond acceptors (Lipinski definition) is 2. The molecule has 3 rings (SSSR count). The number of hydrogen-bond donors (Lipinski definition) is 1. The molecule has 102 valence electrons. The quantitative estimate of drug-likeness (QED) is 0.908. The lowest BCUT2D eigenvalue weighted by atomic mass is 10.0. The standard InChI is InChI=1S/C15H19BrN2O/c16-12-6-2-1-5-11(12)15(19)18-10-4-8-14(18)13-7-3-9-17-13/h1-2,5-6,13-14,17H,3-4,7-10H2. The lowest BCUT2D eigenvalue weighted by Crippen LogP contribution is -2.46. The molecule has 2 aliphatic rings. The van der Waals surface area contributed by atoms with Crippen molar-refractivity contribution in [3.8, 4) is 0 Å². The van der Waals surface area contributed by atoms with Crippen molar-refractivity contribution in [2.24, 2.45) is 0 Å². The highest BCUT2D eigenvalue weighted by Crippen LogP contribution is 2.28. The highest BCUT2D eigenvalue weighted by Gasteiger charge is 2.36. The van der Waals surface area contributed by atoms with Crippen molar-refractivity contribution >= 4 is 21.8 Å². The van der Waals surface area contributed by atoms with Gasteiger partial charge in [-0.1, -0.05) is 12.1 Å². The van der Waals surface area contributed by atoms with E-state index >= 15 is 0 Å². The molecule has 0 radical (unpaired) electrons. The predicted molar refractivity (Wildman–Crippen MR) is 79.2 cm³/mol. The van der Waals surface area contributed by atoms with E-state index in [-0.39, 0.29) is 5.91 Å². The molecule has 0 aromatic heterocycles. The highest BCUT2D eigenvalue weighted by atomic mass is 79.9. The Hall–Kier alpha value is -0.870. The van der Waals surface area contributed by atoms with Crippen LogP contribution in [0.3, 0.4) is 0 Å². The van der Waals surface area contributed by atoms with E-state index in [0.717, 1.165) is 36.0 Å². The van der Waals surface area contributed by atoms with Gasteiger partial charge in [-0.25, -0.2) is 0 Å². The highest BCUT2D eigenvalue weighted by molar-refractivity contribution is 9.10. The molecule has 1 amide bonds. The number of nitrogens with one attached hydrogen (secondary N) is 1. The number of nitrogens with zero attached hydrogens (tertiary/aromatic N) is 1. The van der Waals surface area contributed by atoms with Crippen LogP contribution >= 0.6 is 15.9 Å². The van der Waals surface area contributed by atoms with Gasteiger partial charge >= 0.3 is 0 Å². The fourth-order valence-corrected chi connectivity index (χ4v) is 3.75. The summed E-state index contributed by atoms with van der Waals surface area (Å²) in [5, 5.41) is 3.54. The Labute approximate surface area is 122 Å². The molecule has 2 unspecified atom stereocenters. The summed E-state index contributed by atoms with van der Waals surface area (Å²) < 4.78 is 0.894. The van der Waals surface area contributed by atoms with Gasteiger partial charge in [0.15, 0.2) is 0 Å². The molecule has 1 N–H and O–H groups in total. The van der Waals surface area contributed by atoms with Crippen LogP contribution in [0.1, 0.15) is 36.0 Å². The topological polar surface area (TPSA) is 32.3 Å². The molecule has 4 heteroatoms. The van der Waals surface area contributed by atoms with E-state index in [1.165, 1.54) is 12.8 Å². The minimum Gasteiger partial charge on any atom is -0.334 e. The van der Waals surface area contributed by atoms with Gasteiger partial charge in [-0.05, 0) is 60.3 Å². The zero-order valence-electron chi connectivity index (χ0n) is 10.9. The molecule has 1 aromatic carbocycles. The van der Waals surface area contributed by atoms with Crippen molar-refractivity contribution in [2.45, 2.75) is 37.8 Å². The van der Waals surface area contributed by atoms with Gasteiger partial charge in [-0.3, -0.25) is 4.79 Å². The Kier molecular flexibility index (Phi) is 3.89. The maximum atomic E-state index is 12.7. The Morgan fingerprint density at radius 3 is 2.84 bits per heavy atom. The minimum atomic E-state index is 0.170. The number of halogens is 1. The Morgan fingerprint density at radius 1 is 1.26 bits per heavy atom. The maximum absolute atomic E-state index is 12.7. The first-order chi connectivity index (χ1) is 9.27. The van der Waals surface area contributed by atoms with Crippen LogP contribution in [0.25, 0.3) is 0 Å². The Balaban J connectivity index is 1.80. The Bertz CT molecular complexity index is 471. The number of benzene rings is 1. The predicted octanol–water partition coefficient (Wildman–Crippen LogP) is 2.81. The molecule has 0 bridgehead atoms. The zero-order chi connectivity index (χ0) is 13.2. The van der Waals surface area contributed by atoms with Gasteiger partial charge in [0.25, 0.3) is 5.91 Å². The summed E-state index contributed by atoms with van der Waals surface area (Å²) in [6.07, 6.45) is 4.69. The summed E-state index contributed by atoms with van der Waals surface area (Å²) in [7, 11) is 0. The van der Waals surface area contributed by atoms with E-state index in [1.54, 1.807) is 0 Å². The van der Waals surface area contributed by atoms with Crippen molar-refractivity contribution in [2.75, 3.05) is 13.1 Å². The van der Waals surface area contributed by atoms with Crippen molar-refractivity contribution in [1.29, 1.82) is 0 Å². The van der Waals surface area contributed by atoms with E-state index in [0.29, 0.717) is 12.1 Å². The van der Waals surface area contributed by atoms with Crippen LogP contribution in [0.5, 0.6) is 0 Å². The number of amides is 1. The fraction of sp³-hybridized carbons (Fsp3) is 0.533. The molecule has 2 atom stereocenters. The first-order valence-corrected chi connectivity index (χ1v) is 7.85. The van der Waals surface area contributed by atoms with Gasteiger partial charge < -0.3 is 10.2 Å². The maximum Gasteiger partial charge on any atom is 0.255 e. The summed E-state index contributed by atoms with van der Waals surface area (Å²) in [5.41, 5.74) is 0.785. The summed E-state index contributed by atoms with van der Waals surface area (Å²) >= 11 is 3.48. The van der Waals surface area contributed by atoms with Crippen molar-refractivity contribution in [3.63, 3.8) is 0 Å². The second-order valence-electron chi connectivity index (χ2n) is 5.39. The third-order valence-electron chi connectivity index (χ3n) is 4.23. The van der Waals surface area contributed by atoms with Crippen LogP contribution in [0.15, 0.2) is 28.7 Å². The van der Waals surface area contributed by atoms with Crippen LogP contribution in [0.2, 0.25) is 0 Å². The molecular formula is C15H19BrN2O. The van der Waals surface area contributed by atoms with Crippen molar-refractivity contribution in [1.82, 2.24) is 10.2 Å². The molecule has 2 fully saturated rings. The second-order valence-corrected chi connectivity index (χ2v) is 6.25. The molecule has 2 saturated heterocycles. The van der Waals surface area contributed by atoms with Gasteiger partial charge in [0.05, 0.1) is 5.56 Å². The average molecular weight is 323 g/mol. The number of carbonyl (C=O) groups excluding carboxylic acids is 1. The second kappa shape index (κ2) is 5.63. The summed E-state index contributed by atoms with van der Waals surface area (Å²) in [5.74, 6) is 0.170. The Morgan fingerprint density at radius 2 is 2.11 bits per heavy atom. The zero-order valence-corrected chi connectivity index (χ0v) is 12.5. The minimum absolute atomic E-state index is 0.170. The molecule has 3 nitrogen and oxygen atoms in total. The van der Waals surface area contributed by atoms with Crippen LogP contribution in [0, 0.1) is 0 Å². The van der Waals surface area contributed by atoms with Crippen molar-refractivity contribution < 1.29 is 4.79 Å². The van der Waals surface area contributed by atoms with Crippen LogP contribution < -0.4 is 5.32 Å². The lowest BCUT2D eigenvalue weighted by molar-refractivity contribution is 0.0710. The normalized spacial score (nSPS) is 26.9. The molecule has 2 heterocycles. The average Bonchev–Trinajstić information content (AvgIpc) is 3.09. The molecule has 0 saturated carbocycles. The van der Waals surface area contributed by atoms with E-state index in [9.17, 15) is 4.79 Å². The molecule has 19 heavy (non-hydrogen) atoms. The van der Waals surface area contributed by atoms with E-state index in [1.807, 2.05) is 24.3 Å². The largest absolute Gasteiger partial charge is 0.334 e. The van der Waals surface area contributed by atoms with Crippen molar-refractivity contribution in [3.05, 3.63) is 34.3 Å². The van der Waals surface area contributed by atoms with E-state index in [4.69, 9.17) is 0 Å². The summed E-state index contributed by atoms with van der Waals surface area (Å²) in [6, 6.07) is 8.59. The van der Waals surface area contributed by atoms with E-state index < -0.39 is 0 Å². The van der Waals surface area contributed by atoms with Gasteiger partial charge in [0.2, 0.25) is 0 Å². The summed E-state index contributed by atoms with van der Waals surface area (Å²) in [6.45, 7) is 1.99. The van der Waals surface area contributed by atoms with Gasteiger partial charge in [0, 0.05) is 23.1 Å². The van der Waals surface area contributed by atoms with Gasteiger partial charge in [0.1, 0.15) is 0 Å². The van der Waals surface area contributed by atoms with E-state index in [2.05, 4.69) is 26.1 Å². The number of carbonyl (C=O) groups is 1. The molecule has 2 aliphatic heterocycles. The smallest absolute Gasteiger partial charge is 0.255 e. The lowest BCUT2D eigenvalue weighted by Gasteiger charge is -2.30. The van der Waals surface area contributed by atoms with Gasteiger partial charge in [-0.2, -0.15) is 0 Å². The monoisotopic (exact) mass is 322 g/mol. The SMILES string of the molecule is O=C(c1ccccc1Br)N1CCCC1C1CCCN1. The third kappa shape index (κ3) is 2.56. The summed E-state index contributed by atoms with van der Waals surface area (Å²) in [4.78, 5) is 14.8. The first-order valence-electron chi connectivity index (χ1n) is 7.06. The van der Waals surface area contributed by atoms with Crippen LogP contribution in [-0.2, 0) is 0 Å². The molecule has 1 aromatic rings.